The summed E-state index contributed by atoms with van der Waals surface area (Å²) in [5.74, 6) is 0.129. The van der Waals surface area contributed by atoms with Gasteiger partial charge in [-0.2, -0.15) is 0 Å². The van der Waals surface area contributed by atoms with Crippen molar-refractivity contribution < 1.29 is 19.1 Å². The monoisotopic (exact) mass is 451 g/mol. The van der Waals surface area contributed by atoms with Crippen molar-refractivity contribution in [1.82, 2.24) is 10.3 Å². The molecule has 1 fully saturated rings. The van der Waals surface area contributed by atoms with E-state index >= 15 is 0 Å². The predicted molar refractivity (Wildman–Crippen MR) is 123 cm³/mol. The van der Waals surface area contributed by atoms with Crippen LogP contribution in [0.3, 0.4) is 0 Å². The summed E-state index contributed by atoms with van der Waals surface area (Å²) in [6.07, 6.45) is 2.01. The van der Waals surface area contributed by atoms with Crippen molar-refractivity contribution in [2.45, 2.75) is 32.5 Å². The highest BCUT2D eigenvalue weighted by Crippen LogP contribution is 2.19. The first-order chi connectivity index (χ1) is 15.6. The molecule has 0 aliphatic carbocycles. The van der Waals surface area contributed by atoms with Gasteiger partial charge in [-0.1, -0.05) is 29.8 Å². The number of aryl methyl sites for hydroxylation is 1. The first kappa shape index (κ1) is 22.0. The van der Waals surface area contributed by atoms with Gasteiger partial charge >= 0.3 is 0 Å². The van der Waals surface area contributed by atoms with Crippen LogP contribution in [0, 0.1) is 6.92 Å². The highest BCUT2D eigenvalue weighted by molar-refractivity contribution is 7.09. The summed E-state index contributed by atoms with van der Waals surface area (Å²) in [5, 5.41) is 8.07. The quantitative estimate of drug-likeness (QED) is 0.536. The first-order valence-electron chi connectivity index (χ1n) is 10.5. The molecule has 1 aliphatic rings. The summed E-state index contributed by atoms with van der Waals surface area (Å²) in [7, 11) is 0. The zero-order chi connectivity index (χ0) is 22.3. The Morgan fingerprint density at radius 1 is 1.16 bits per heavy atom. The van der Waals surface area contributed by atoms with Crippen molar-refractivity contribution in [2.24, 2.45) is 0 Å². The Balaban J connectivity index is 1.35. The van der Waals surface area contributed by atoms with E-state index in [4.69, 9.17) is 9.47 Å². The molecule has 1 atom stereocenters. The largest absolute Gasteiger partial charge is 0.486 e. The molecule has 4 rings (SSSR count). The predicted octanol–water partition coefficient (Wildman–Crippen LogP) is 4.19. The maximum Gasteiger partial charge on any atom is 0.275 e. The lowest BCUT2D eigenvalue weighted by atomic mass is 10.1. The number of carbonyl (C=O) groups is 2. The topological polar surface area (TPSA) is 89.5 Å². The molecule has 0 bridgehead atoms. The Labute approximate surface area is 190 Å². The lowest BCUT2D eigenvalue weighted by Crippen LogP contribution is -2.32. The van der Waals surface area contributed by atoms with Crippen molar-refractivity contribution in [2.75, 3.05) is 18.5 Å². The lowest BCUT2D eigenvalue weighted by Gasteiger charge is -2.13. The molecule has 1 saturated heterocycles. The number of nitrogens with zero attached hydrogens (tertiary/aromatic N) is 1. The van der Waals surface area contributed by atoms with Gasteiger partial charge in [-0.3, -0.25) is 9.59 Å². The second-order valence-corrected chi connectivity index (χ2v) is 8.52. The van der Waals surface area contributed by atoms with E-state index in [0.29, 0.717) is 22.8 Å². The van der Waals surface area contributed by atoms with E-state index in [2.05, 4.69) is 15.6 Å². The van der Waals surface area contributed by atoms with Crippen LogP contribution in [0.5, 0.6) is 5.75 Å². The molecule has 0 saturated carbocycles. The molecule has 2 amide bonds. The number of hydrogen-bond donors (Lipinski definition) is 2. The van der Waals surface area contributed by atoms with Crippen LogP contribution >= 0.6 is 11.3 Å². The van der Waals surface area contributed by atoms with Gasteiger partial charge in [-0.15, -0.1) is 11.3 Å². The highest BCUT2D eigenvalue weighted by atomic mass is 32.1. The number of amides is 2. The van der Waals surface area contributed by atoms with Crippen LogP contribution in [0.15, 0.2) is 53.9 Å². The van der Waals surface area contributed by atoms with E-state index in [-0.39, 0.29) is 30.2 Å². The van der Waals surface area contributed by atoms with E-state index < -0.39 is 0 Å². The number of benzene rings is 2. The van der Waals surface area contributed by atoms with Gasteiger partial charge in [0.25, 0.3) is 11.8 Å². The van der Waals surface area contributed by atoms with Gasteiger partial charge in [0.2, 0.25) is 0 Å². The molecule has 0 radical (unpaired) electrons. The van der Waals surface area contributed by atoms with Crippen molar-refractivity contribution >= 4 is 28.8 Å². The summed E-state index contributed by atoms with van der Waals surface area (Å²) < 4.78 is 11.3. The van der Waals surface area contributed by atoms with Crippen LogP contribution in [-0.4, -0.2) is 36.1 Å². The van der Waals surface area contributed by atoms with E-state index in [1.807, 2.05) is 31.2 Å². The number of ether oxygens (including phenoxy) is 2. The Morgan fingerprint density at radius 3 is 2.75 bits per heavy atom. The zero-order valence-electron chi connectivity index (χ0n) is 17.8. The standard InChI is InChI=1S/C24H25N3O4S/c1-16-8-10-17(11-9-16)31-14-22-26-21(15-32-22)24(29)27-20-7-3-2-6-19(20)23(28)25-13-18-5-4-12-30-18/h2-3,6-11,15,18H,4-5,12-14H2,1H3,(H,25,28)(H,27,29). The molecule has 2 N–H and O–H groups in total. The second kappa shape index (κ2) is 10.4. The van der Waals surface area contributed by atoms with Crippen LogP contribution in [0.25, 0.3) is 0 Å². The van der Waals surface area contributed by atoms with Crippen LogP contribution in [0.4, 0.5) is 5.69 Å². The zero-order valence-corrected chi connectivity index (χ0v) is 18.6. The molecule has 2 aromatic carbocycles. The number of anilines is 1. The summed E-state index contributed by atoms with van der Waals surface area (Å²) in [6.45, 7) is 3.49. The third-order valence-corrected chi connectivity index (χ3v) is 5.92. The normalized spacial score (nSPS) is 15.3. The average Bonchev–Trinajstić information content (AvgIpc) is 3.50. The summed E-state index contributed by atoms with van der Waals surface area (Å²) in [6, 6.07) is 14.7. The molecule has 166 valence electrons. The minimum atomic E-state index is -0.373. The Kier molecular flexibility index (Phi) is 7.14. The number of aromatic nitrogens is 1. The lowest BCUT2D eigenvalue weighted by molar-refractivity contribution is 0.0858. The third-order valence-electron chi connectivity index (χ3n) is 5.10. The summed E-state index contributed by atoms with van der Waals surface area (Å²) in [4.78, 5) is 29.7. The van der Waals surface area contributed by atoms with Gasteiger partial charge in [0.1, 0.15) is 23.1 Å². The van der Waals surface area contributed by atoms with E-state index in [1.54, 1.807) is 29.6 Å². The summed E-state index contributed by atoms with van der Waals surface area (Å²) in [5.41, 5.74) is 2.28. The number of para-hydroxylation sites is 1. The molecule has 32 heavy (non-hydrogen) atoms. The van der Waals surface area contributed by atoms with Crippen molar-refractivity contribution in [3.05, 3.63) is 75.7 Å². The number of carbonyl (C=O) groups excluding carboxylic acids is 2. The Bertz CT molecular complexity index is 1070. The van der Waals surface area contributed by atoms with Gasteiger partial charge in [0.05, 0.1) is 17.4 Å². The minimum Gasteiger partial charge on any atom is -0.486 e. The molecule has 1 aliphatic heterocycles. The number of hydrogen-bond acceptors (Lipinski definition) is 6. The van der Waals surface area contributed by atoms with Gasteiger partial charge in [0, 0.05) is 18.5 Å². The van der Waals surface area contributed by atoms with Crippen LogP contribution < -0.4 is 15.4 Å². The number of nitrogens with one attached hydrogen (secondary N) is 2. The summed E-state index contributed by atoms with van der Waals surface area (Å²) >= 11 is 1.35. The fraction of sp³-hybridized carbons (Fsp3) is 0.292. The molecular formula is C24H25N3O4S. The van der Waals surface area contributed by atoms with Gasteiger partial charge < -0.3 is 20.1 Å². The smallest absolute Gasteiger partial charge is 0.275 e. The number of rotatable bonds is 8. The van der Waals surface area contributed by atoms with Gasteiger partial charge in [-0.05, 0) is 44.0 Å². The van der Waals surface area contributed by atoms with Gasteiger partial charge in [-0.25, -0.2) is 4.98 Å². The molecule has 0 spiro atoms. The highest BCUT2D eigenvalue weighted by Gasteiger charge is 2.19. The Hall–Kier alpha value is -3.23. The van der Waals surface area contributed by atoms with E-state index in [0.717, 1.165) is 30.8 Å². The molecule has 7 nitrogen and oxygen atoms in total. The SMILES string of the molecule is Cc1ccc(OCc2nc(C(=O)Nc3ccccc3C(=O)NCC3CCCO3)cs2)cc1. The van der Waals surface area contributed by atoms with Gasteiger partial charge in [0.15, 0.2) is 0 Å². The first-order valence-corrected chi connectivity index (χ1v) is 11.4. The third kappa shape index (κ3) is 5.72. The minimum absolute atomic E-state index is 0.0521. The van der Waals surface area contributed by atoms with Crippen molar-refractivity contribution in [3.63, 3.8) is 0 Å². The van der Waals surface area contributed by atoms with Crippen molar-refractivity contribution in [3.8, 4) is 5.75 Å². The molecule has 1 aromatic heterocycles. The molecule has 3 aromatic rings. The molecule has 1 unspecified atom stereocenters. The van der Waals surface area contributed by atoms with E-state index in [1.165, 1.54) is 11.3 Å². The maximum atomic E-state index is 12.7. The van der Waals surface area contributed by atoms with Crippen LogP contribution in [-0.2, 0) is 11.3 Å². The maximum absolute atomic E-state index is 12.7. The second-order valence-electron chi connectivity index (χ2n) is 7.57. The van der Waals surface area contributed by atoms with Crippen LogP contribution in [0.2, 0.25) is 0 Å². The molecule has 2 heterocycles. The Morgan fingerprint density at radius 2 is 1.97 bits per heavy atom. The fourth-order valence-electron chi connectivity index (χ4n) is 3.34. The fourth-order valence-corrected chi connectivity index (χ4v) is 4.03. The average molecular weight is 452 g/mol. The van der Waals surface area contributed by atoms with Crippen molar-refractivity contribution in [1.29, 1.82) is 0 Å². The van der Waals surface area contributed by atoms with E-state index in [9.17, 15) is 9.59 Å². The number of thiazole rings is 1. The van der Waals surface area contributed by atoms with Crippen LogP contribution in [0.1, 0.15) is 44.3 Å². The molecule has 8 heteroatoms. The molecular weight excluding hydrogens is 426 g/mol.